The van der Waals surface area contributed by atoms with Gasteiger partial charge in [0.1, 0.15) is 20.2 Å². The average Bonchev–Trinajstić information content (AvgIpc) is 2.37. The molecule has 18 heavy (non-hydrogen) atoms. The van der Waals surface area contributed by atoms with E-state index >= 15 is 0 Å². The third-order valence-corrected chi connectivity index (χ3v) is 3.39. The second-order valence-corrected chi connectivity index (χ2v) is 4.81. The molecule has 0 N–H and O–H groups in total. The van der Waals surface area contributed by atoms with Crippen molar-refractivity contribution in [3.8, 4) is 5.75 Å². The van der Waals surface area contributed by atoms with Crippen LogP contribution in [0.5, 0.6) is 5.75 Å². The van der Waals surface area contributed by atoms with Gasteiger partial charge < -0.3 is 4.74 Å². The Hall–Kier alpha value is -1.12. The molecule has 0 aromatic heterocycles. The van der Waals surface area contributed by atoms with Crippen molar-refractivity contribution in [2.45, 2.75) is 12.9 Å². The normalized spacial score (nSPS) is 10.3. The van der Waals surface area contributed by atoms with Crippen molar-refractivity contribution in [2.24, 2.45) is 0 Å². The fourth-order valence-electron chi connectivity index (χ4n) is 1.74. The van der Waals surface area contributed by atoms with Gasteiger partial charge in [-0.1, -0.05) is 59.9 Å². The number of rotatable bonds is 4. The van der Waals surface area contributed by atoms with Crippen molar-refractivity contribution >= 4 is 31.0 Å². The summed E-state index contributed by atoms with van der Waals surface area (Å²) in [6, 6.07) is 13.6. The van der Waals surface area contributed by atoms with Crippen molar-refractivity contribution in [3.05, 3.63) is 63.6 Å². The molecule has 0 atom stereocenters. The zero-order valence-corrected chi connectivity index (χ0v) is 11.6. The molecule has 0 heterocycles. The third-order valence-electron chi connectivity index (χ3n) is 2.72. The van der Waals surface area contributed by atoms with Gasteiger partial charge in [-0.15, -0.1) is 0 Å². The molecule has 0 aliphatic heterocycles. The van der Waals surface area contributed by atoms with Gasteiger partial charge in [0, 0.05) is 10.0 Å². The summed E-state index contributed by atoms with van der Waals surface area (Å²) in [4.78, 5) is 0. The molecule has 4 heteroatoms. The topological polar surface area (TPSA) is 9.23 Å². The molecular formula is C14H13BCl2O. The van der Waals surface area contributed by atoms with Crippen LogP contribution in [0.3, 0.4) is 0 Å². The predicted molar refractivity (Wildman–Crippen MR) is 79.5 cm³/mol. The molecule has 0 spiro atoms. The van der Waals surface area contributed by atoms with Crippen LogP contribution < -0.4 is 4.74 Å². The smallest absolute Gasteiger partial charge is 0.122 e. The summed E-state index contributed by atoms with van der Waals surface area (Å²) >= 11 is 12.3. The molecule has 92 valence electrons. The van der Waals surface area contributed by atoms with Crippen LogP contribution in [0.25, 0.3) is 0 Å². The van der Waals surface area contributed by atoms with Gasteiger partial charge in [0.15, 0.2) is 0 Å². The summed E-state index contributed by atoms with van der Waals surface area (Å²) in [7, 11) is 2.03. The molecule has 0 fully saturated rings. The zero-order valence-electron chi connectivity index (χ0n) is 10.1. The van der Waals surface area contributed by atoms with E-state index in [0.717, 1.165) is 17.4 Å². The third kappa shape index (κ3) is 3.21. The van der Waals surface area contributed by atoms with Gasteiger partial charge in [-0.25, -0.2) is 0 Å². The molecule has 0 aliphatic carbocycles. The van der Waals surface area contributed by atoms with Crippen LogP contribution in [-0.4, -0.2) is 7.85 Å². The summed E-state index contributed by atoms with van der Waals surface area (Å²) in [5.41, 5.74) is 2.08. The minimum Gasteiger partial charge on any atom is -0.489 e. The molecule has 0 unspecified atom stereocenters. The van der Waals surface area contributed by atoms with E-state index in [-0.39, 0.29) is 0 Å². The maximum Gasteiger partial charge on any atom is 0.122 e. The first-order valence-electron chi connectivity index (χ1n) is 5.85. The fraction of sp³-hybridized carbons (Fsp3) is 0.143. The standard InChI is InChI=1S/C14H13BCl2O/c15-8-12-13(16)6-11(7-14(12)17)18-9-10-4-2-1-3-5-10/h1-7H,8-9,15H2. The maximum absolute atomic E-state index is 6.15. The highest BCUT2D eigenvalue weighted by Gasteiger charge is 2.07. The van der Waals surface area contributed by atoms with Crippen molar-refractivity contribution in [1.29, 1.82) is 0 Å². The molecule has 2 aromatic carbocycles. The molecule has 2 rings (SSSR count). The number of halogens is 2. The SMILES string of the molecule is BCc1c(Cl)cc(OCc2ccccc2)cc1Cl. The molecule has 0 saturated carbocycles. The van der Waals surface area contributed by atoms with Gasteiger partial charge in [-0.05, 0) is 23.3 Å². The van der Waals surface area contributed by atoms with E-state index in [4.69, 9.17) is 27.9 Å². The van der Waals surface area contributed by atoms with E-state index < -0.39 is 0 Å². The molecule has 0 bridgehead atoms. The van der Waals surface area contributed by atoms with Crippen LogP contribution in [-0.2, 0) is 12.9 Å². The van der Waals surface area contributed by atoms with Crippen molar-refractivity contribution in [2.75, 3.05) is 0 Å². The number of hydrogen-bond donors (Lipinski definition) is 0. The molecule has 0 amide bonds. The maximum atomic E-state index is 6.15. The Morgan fingerprint density at radius 1 is 1.00 bits per heavy atom. The number of hydrogen-bond acceptors (Lipinski definition) is 1. The second kappa shape index (κ2) is 6.17. The van der Waals surface area contributed by atoms with Crippen LogP contribution in [0.2, 0.25) is 10.0 Å². The lowest BCUT2D eigenvalue weighted by Gasteiger charge is -2.10. The largest absolute Gasteiger partial charge is 0.489 e. The minimum absolute atomic E-state index is 0.513. The fourth-order valence-corrected chi connectivity index (χ4v) is 2.48. The van der Waals surface area contributed by atoms with Crippen molar-refractivity contribution < 1.29 is 4.74 Å². The number of ether oxygens (including phenoxy) is 1. The first-order chi connectivity index (χ1) is 8.70. The Bertz CT molecular complexity index is 506. The van der Waals surface area contributed by atoms with Crippen molar-refractivity contribution in [1.82, 2.24) is 0 Å². The molecule has 1 nitrogen and oxygen atoms in total. The molecule has 0 aliphatic rings. The monoisotopic (exact) mass is 278 g/mol. The molecule has 2 aromatic rings. The Kier molecular flexibility index (Phi) is 4.57. The highest BCUT2D eigenvalue weighted by Crippen LogP contribution is 2.30. The van der Waals surface area contributed by atoms with E-state index in [2.05, 4.69) is 0 Å². The summed E-state index contributed by atoms with van der Waals surface area (Å²) < 4.78 is 5.68. The lowest BCUT2D eigenvalue weighted by Crippen LogP contribution is -1.96. The highest BCUT2D eigenvalue weighted by atomic mass is 35.5. The van der Waals surface area contributed by atoms with Crippen LogP contribution in [0.15, 0.2) is 42.5 Å². The minimum atomic E-state index is 0.513. The Morgan fingerprint density at radius 2 is 1.61 bits per heavy atom. The first kappa shape index (κ1) is 13.3. The molecule has 0 saturated heterocycles. The lowest BCUT2D eigenvalue weighted by molar-refractivity contribution is 0.306. The van der Waals surface area contributed by atoms with E-state index in [0.29, 0.717) is 22.4 Å². The van der Waals surface area contributed by atoms with E-state index in [1.54, 1.807) is 0 Å². The second-order valence-electron chi connectivity index (χ2n) is 3.99. The van der Waals surface area contributed by atoms with Gasteiger partial charge in [0.25, 0.3) is 0 Å². The average molecular weight is 279 g/mol. The van der Waals surface area contributed by atoms with E-state index in [9.17, 15) is 0 Å². The summed E-state index contributed by atoms with van der Waals surface area (Å²) in [6.07, 6.45) is 0.816. The molecule has 0 radical (unpaired) electrons. The Balaban J connectivity index is 2.11. The van der Waals surface area contributed by atoms with Gasteiger partial charge in [0.2, 0.25) is 0 Å². The van der Waals surface area contributed by atoms with E-state index in [1.807, 2.05) is 50.3 Å². The lowest BCUT2D eigenvalue weighted by atomic mass is 9.97. The Morgan fingerprint density at radius 3 is 2.17 bits per heavy atom. The highest BCUT2D eigenvalue weighted by molar-refractivity contribution is 6.37. The van der Waals surface area contributed by atoms with E-state index in [1.165, 1.54) is 0 Å². The van der Waals surface area contributed by atoms with Crippen LogP contribution >= 0.6 is 23.2 Å². The summed E-state index contributed by atoms with van der Waals surface area (Å²) in [6.45, 7) is 0.513. The van der Waals surface area contributed by atoms with Gasteiger partial charge in [0.05, 0.1) is 0 Å². The van der Waals surface area contributed by atoms with Crippen LogP contribution in [0.1, 0.15) is 11.1 Å². The zero-order chi connectivity index (χ0) is 13.0. The quantitative estimate of drug-likeness (QED) is 0.775. The first-order valence-corrected chi connectivity index (χ1v) is 6.61. The van der Waals surface area contributed by atoms with Crippen LogP contribution in [0.4, 0.5) is 0 Å². The van der Waals surface area contributed by atoms with Gasteiger partial charge in [-0.3, -0.25) is 0 Å². The van der Waals surface area contributed by atoms with Gasteiger partial charge >= 0.3 is 0 Å². The van der Waals surface area contributed by atoms with Gasteiger partial charge in [-0.2, -0.15) is 0 Å². The summed E-state index contributed by atoms with van der Waals surface area (Å²) in [5, 5.41) is 1.32. The number of benzene rings is 2. The summed E-state index contributed by atoms with van der Waals surface area (Å²) in [5.74, 6) is 0.700. The molecular weight excluding hydrogens is 266 g/mol. The van der Waals surface area contributed by atoms with Crippen molar-refractivity contribution in [3.63, 3.8) is 0 Å². The predicted octanol–water partition coefficient (Wildman–Crippen LogP) is 3.71. The Labute approximate surface area is 118 Å². The van der Waals surface area contributed by atoms with Crippen LogP contribution in [0, 0.1) is 0 Å².